The second-order valence-corrected chi connectivity index (χ2v) is 5.56. The second kappa shape index (κ2) is 6.46. The number of likely N-dealkylation sites (N-methyl/N-ethyl adjacent to an activating group) is 1. The summed E-state index contributed by atoms with van der Waals surface area (Å²) >= 11 is 0. The van der Waals surface area contributed by atoms with Gasteiger partial charge < -0.3 is 15.2 Å². The lowest BCUT2D eigenvalue weighted by molar-refractivity contribution is 0.115. The van der Waals surface area contributed by atoms with E-state index in [1.165, 1.54) is 5.56 Å². The molecule has 1 unspecified atom stereocenters. The molecular weight excluding hydrogens is 252 g/mol. The molecule has 1 aromatic carbocycles. The molecule has 0 fully saturated rings. The summed E-state index contributed by atoms with van der Waals surface area (Å²) in [5, 5.41) is 0. The van der Waals surface area contributed by atoms with Crippen molar-refractivity contribution in [2.75, 3.05) is 26.4 Å². The maximum absolute atomic E-state index is 6.03. The Labute approximate surface area is 121 Å². The molecule has 2 N–H and O–H groups in total. The monoisotopic (exact) mass is 278 g/mol. The zero-order valence-electron chi connectivity index (χ0n) is 12.8. The van der Waals surface area contributed by atoms with Crippen molar-refractivity contribution in [3.8, 4) is 11.5 Å². The Kier molecular flexibility index (Phi) is 4.89. The summed E-state index contributed by atoms with van der Waals surface area (Å²) in [6.45, 7) is 9.72. The number of nitrogens with zero attached hydrogens (tertiary/aromatic N) is 1. The van der Waals surface area contributed by atoms with Crippen LogP contribution in [0.3, 0.4) is 0 Å². The number of nitrogens with two attached hydrogens (primary N) is 1. The number of fused-ring (bicyclic) bond motifs is 1. The molecule has 0 aromatic heterocycles. The van der Waals surface area contributed by atoms with Gasteiger partial charge in [0.2, 0.25) is 6.79 Å². The van der Waals surface area contributed by atoms with E-state index in [0.29, 0.717) is 13.3 Å². The third-order valence-electron chi connectivity index (χ3n) is 4.36. The van der Waals surface area contributed by atoms with E-state index in [9.17, 15) is 0 Å². The summed E-state index contributed by atoms with van der Waals surface area (Å²) in [5.74, 6) is 1.71. The van der Waals surface area contributed by atoms with Crippen molar-refractivity contribution >= 4 is 0 Å². The van der Waals surface area contributed by atoms with Gasteiger partial charge >= 0.3 is 0 Å². The van der Waals surface area contributed by atoms with Crippen molar-refractivity contribution < 1.29 is 9.47 Å². The standard InChI is InChI=1S/C16H26N2O2/c1-4-18(5-2)16(3,11-17)9-8-13-6-7-14-15(10-13)20-12-19-14/h6-7,10H,4-5,8-9,11-12,17H2,1-3H3. The van der Waals surface area contributed by atoms with Crippen molar-refractivity contribution in [2.45, 2.75) is 39.2 Å². The third kappa shape index (κ3) is 3.07. The minimum Gasteiger partial charge on any atom is -0.454 e. The summed E-state index contributed by atoms with van der Waals surface area (Å²) in [7, 11) is 0. The van der Waals surface area contributed by atoms with E-state index >= 15 is 0 Å². The van der Waals surface area contributed by atoms with E-state index in [4.69, 9.17) is 15.2 Å². The van der Waals surface area contributed by atoms with Gasteiger partial charge in [-0.1, -0.05) is 19.9 Å². The zero-order chi connectivity index (χ0) is 14.6. The smallest absolute Gasteiger partial charge is 0.231 e. The van der Waals surface area contributed by atoms with Gasteiger partial charge in [0, 0.05) is 12.1 Å². The van der Waals surface area contributed by atoms with Crippen molar-refractivity contribution in [3.63, 3.8) is 0 Å². The van der Waals surface area contributed by atoms with Crippen LogP contribution in [0.4, 0.5) is 0 Å². The number of hydrogen-bond acceptors (Lipinski definition) is 4. The molecule has 1 atom stereocenters. The molecule has 1 heterocycles. The SMILES string of the molecule is CCN(CC)C(C)(CN)CCc1ccc2c(c1)OCO2. The van der Waals surface area contributed by atoms with Crippen molar-refractivity contribution in [1.29, 1.82) is 0 Å². The fourth-order valence-electron chi connectivity index (χ4n) is 2.89. The van der Waals surface area contributed by atoms with Crippen LogP contribution in [0.25, 0.3) is 0 Å². The van der Waals surface area contributed by atoms with Crippen LogP contribution >= 0.6 is 0 Å². The summed E-state index contributed by atoms with van der Waals surface area (Å²) in [6.07, 6.45) is 2.05. The number of hydrogen-bond donors (Lipinski definition) is 1. The highest BCUT2D eigenvalue weighted by atomic mass is 16.7. The van der Waals surface area contributed by atoms with E-state index < -0.39 is 0 Å². The first-order chi connectivity index (χ1) is 9.62. The van der Waals surface area contributed by atoms with E-state index in [0.717, 1.165) is 37.4 Å². The Morgan fingerprint density at radius 3 is 2.55 bits per heavy atom. The topological polar surface area (TPSA) is 47.7 Å². The van der Waals surface area contributed by atoms with Gasteiger partial charge in [0.25, 0.3) is 0 Å². The fraction of sp³-hybridized carbons (Fsp3) is 0.625. The first kappa shape index (κ1) is 15.1. The molecule has 0 spiro atoms. The fourth-order valence-corrected chi connectivity index (χ4v) is 2.89. The highest BCUT2D eigenvalue weighted by molar-refractivity contribution is 5.44. The number of benzene rings is 1. The van der Waals surface area contributed by atoms with Crippen LogP contribution < -0.4 is 15.2 Å². The van der Waals surface area contributed by atoms with Gasteiger partial charge in [-0.15, -0.1) is 0 Å². The summed E-state index contributed by atoms with van der Waals surface area (Å²) in [4.78, 5) is 2.44. The Morgan fingerprint density at radius 1 is 1.20 bits per heavy atom. The first-order valence-corrected chi connectivity index (χ1v) is 7.46. The number of rotatable bonds is 7. The molecule has 112 valence electrons. The van der Waals surface area contributed by atoms with E-state index in [1.54, 1.807) is 0 Å². The van der Waals surface area contributed by atoms with Crippen LogP contribution in [0, 0.1) is 0 Å². The van der Waals surface area contributed by atoms with E-state index in [-0.39, 0.29) is 5.54 Å². The van der Waals surface area contributed by atoms with E-state index in [2.05, 4.69) is 37.8 Å². The Balaban J connectivity index is 2.02. The van der Waals surface area contributed by atoms with Gasteiger partial charge in [-0.2, -0.15) is 0 Å². The average molecular weight is 278 g/mol. The molecule has 2 rings (SSSR count). The van der Waals surface area contributed by atoms with Crippen LogP contribution in [0.5, 0.6) is 11.5 Å². The third-order valence-corrected chi connectivity index (χ3v) is 4.36. The highest BCUT2D eigenvalue weighted by Gasteiger charge is 2.28. The van der Waals surface area contributed by atoms with Gasteiger partial charge in [-0.25, -0.2) is 0 Å². The Hall–Kier alpha value is -1.26. The normalized spacial score (nSPS) is 16.4. The minimum atomic E-state index is 0.0554. The summed E-state index contributed by atoms with van der Waals surface area (Å²) < 4.78 is 10.8. The molecular formula is C16H26N2O2. The predicted octanol–water partition coefficient (Wildman–Crippen LogP) is 2.41. The maximum Gasteiger partial charge on any atom is 0.231 e. The van der Waals surface area contributed by atoms with Crippen molar-refractivity contribution in [1.82, 2.24) is 4.90 Å². The minimum absolute atomic E-state index is 0.0554. The predicted molar refractivity (Wildman–Crippen MR) is 81.3 cm³/mol. The molecule has 1 aliphatic heterocycles. The molecule has 0 saturated carbocycles. The van der Waals surface area contributed by atoms with Gasteiger partial charge in [0.15, 0.2) is 11.5 Å². The van der Waals surface area contributed by atoms with Gasteiger partial charge in [-0.3, -0.25) is 4.90 Å². The molecule has 0 bridgehead atoms. The molecule has 0 saturated heterocycles. The lowest BCUT2D eigenvalue weighted by atomic mass is 9.91. The van der Waals surface area contributed by atoms with Crippen molar-refractivity contribution in [3.05, 3.63) is 23.8 Å². The molecule has 0 amide bonds. The quantitative estimate of drug-likeness (QED) is 0.832. The lowest BCUT2D eigenvalue weighted by Gasteiger charge is -2.39. The Morgan fingerprint density at radius 2 is 1.90 bits per heavy atom. The molecule has 1 aliphatic rings. The van der Waals surface area contributed by atoms with Crippen LogP contribution in [0.15, 0.2) is 18.2 Å². The van der Waals surface area contributed by atoms with Gasteiger partial charge in [0.1, 0.15) is 0 Å². The molecule has 1 aromatic rings. The Bertz CT molecular complexity index is 446. The first-order valence-electron chi connectivity index (χ1n) is 7.46. The second-order valence-electron chi connectivity index (χ2n) is 5.56. The summed E-state index contributed by atoms with van der Waals surface area (Å²) in [6, 6.07) is 6.20. The summed E-state index contributed by atoms with van der Waals surface area (Å²) in [5.41, 5.74) is 7.36. The number of ether oxygens (including phenoxy) is 2. The molecule has 0 radical (unpaired) electrons. The average Bonchev–Trinajstić information content (AvgIpc) is 2.93. The molecule has 4 heteroatoms. The maximum atomic E-state index is 6.03. The molecule has 20 heavy (non-hydrogen) atoms. The zero-order valence-corrected chi connectivity index (χ0v) is 12.8. The van der Waals surface area contributed by atoms with Crippen LogP contribution in [-0.2, 0) is 6.42 Å². The van der Waals surface area contributed by atoms with Gasteiger partial charge in [0.05, 0.1) is 0 Å². The number of aryl methyl sites for hydroxylation is 1. The largest absolute Gasteiger partial charge is 0.454 e. The van der Waals surface area contributed by atoms with Gasteiger partial charge in [-0.05, 0) is 50.6 Å². The van der Waals surface area contributed by atoms with Crippen molar-refractivity contribution in [2.24, 2.45) is 5.73 Å². The highest BCUT2D eigenvalue weighted by Crippen LogP contribution is 2.33. The molecule has 4 nitrogen and oxygen atoms in total. The lowest BCUT2D eigenvalue weighted by Crippen LogP contribution is -2.51. The van der Waals surface area contributed by atoms with Crippen LogP contribution in [-0.4, -0.2) is 36.9 Å². The molecule has 0 aliphatic carbocycles. The van der Waals surface area contributed by atoms with Crippen LogP contribution in [0.2, 0.25) is 0 Å². The van der Waals surface area contributed by atoms with Crippen LogP contribution in [0.1, 0.15) is 32.8 Å². The van der Waals surface area contributed by atoms with E-state index in [1.807, 2.05) is 6.07 Å².